The molecule has 0 heterocycles. The van der Waals surface area contributed by atoms with Crippen molar-refractivity contribution in [2.45, 2.75) is 46.1 Å². The van der Waals surface area contributed by atoms with E-state index >= 15 is 0 Å². The Morgan fingerprint density at radius 3 is 1.62 bits per heavy atom. The van der Waals surface area contributed by atoms with Gasteiger partial charge in [-0.3, -0.25) is 0 Å². The topological polar surface area (TPSA) is 83.5 Å². The molecule has 0 unspecified atom stereocenters. The minimum absolute atomic E-state index is 0. The van der Waals surface area contributed by atoms with Crippen LogP contribution >= 0.6 is 12.4 Å². The van der Waals surface area contributed by atoms with E-state index in [0.29, 0.717) is 18.1 Å². The fourth-order valence-corrected chi connectivity index (χ4v) is 2.60. The lowest BCUT2D eigenvalue weighted by Gasteiger charge is -2.08. The molecule has 0 amide bonds. The quantitative estimate of drug-likeness (QED) is 0.700. The van der Waals surface area contributed by atoms with E-state index in [1.165, 1.54) is 0 Å². The van der Waals surface area contributed by atoms with Crippen molar-refractivity contribution in [3.63, 3.8) is 0 Å². The molecule has 144 valence electrons. The van der Waals surface area contributed by atoms with E-state index in [9.17, 15) is 4.79 Å². The van der Waals surface area contributed by atoms with E-state index in [2.05, 4.69) is 6.92 Å². The maximum atomic E-state index is 10.9. The number of hydrogen-bond donors (Lipinski definition) is 3. The van der Waals surface area contributed by atoms with Crippen LogP contribution in [0, 0.1) is 5.92 Å². The minimum atomic E-state index is 0. The van der Waals surface area contributed by atoms with Crippen molar-refractivity contribution < 1.29 is 15.0 Å². The summed E-state index contributed by atoms with van der Waals surface area (Å²) in [6.07, 6.45) is 2.38. The first-order valence-electron chi connectivity index (χ1n) is 8.57. The maximum absolute atomic E-state index is 10.9. The summed E-state index contributed by atoms with van der Waals surface area (Å²) in [5, 5.41) is 18.0. The summed E-state index contributed by atoms with van der Waals surface area (Å²) in [6, 6.07) is 14.5. The van der Waals surface area contributed by atoms with Crippen LogP contribution in [0.15, 0.2) is 48.5 Å². The number of phenols is 2. The maximum Gasteiger partial charge on any atom is 0.130 e. The molecule has 4 nitrogen and oxygen atoms in total. The third kappa shape index (κ3) is 10.7. The molecule has 5 heteroatoms. The zero-order valence-electron chi connectivity index (χ0n) is 15.7. The number of hydrogen-bond acceptors (Lipinski definition) is 4. The molecule has 0 saturated heterocycles. The van der Waals surface area contributed by atoms with Crippen molar-refractivity contribution in [3.05, 3.63) is 59.7 Å². The Hall–Kier alpha value is -2.04. The number of phenolic OH excluding ortho intramolecular Hbond substituents is 2. The van der Waals surface area contributed by atoms with Gasteiger partial charge in [-0.25, -0.2) is 0 Å². The molecule has 0 fully saturated rings. The Balaban J connectivity index is 0.000000475. The lowest BCUT2D eigenvalue weighted by molar-refractivity contribution is -0.117. The number of carbonyl (C=O) groups is 1. The van der Waals surface area contributed by atoms with Crippen molar-refractivity contribution in [2.75, 3.05) is 0 Å². The van der Waals surface area contributed by atoms with Crippen LogP contribution in [0.4, 0.5) is 0 Å². The van der Waals surface area contributed by atoms with Crippen LogP contribution in [0.2, 0.25) is 0 Å². The molecule has 0 saturated carbocycles. The summed E-state index contributed by atoms with van der Waals surface area (Å²) in [7, 11) is 0. The summed E-state index contributed by atoms with van der Waals surface area (Å²) in [6.45, 7) is 5.65. The summed E-state index contributed by atoms with van der Waals surface area (Å²) in [5.41, 5.74) is 7.93. The highest BCUT2D eigenvalue weighted by molar-refractivity contribution is 5.85. The van der Waals surface area contributed by atoms with E-state index in [-0.39, 0.29) is 30.0 Å². The lowest BCUT2D eigenvalue weighted by atomic mass is 9.96. The number of aromatic hydroxyl groups is 2. The number of carbonyl (C=O) groups excluding carboxylic acids is 1. The van der Waals surface area contributed by atoms with Gasteiger partial charge in [-0.1, -0.05) is 31.2 Å². The van der Waals surface area contributed by atoms with Crippen LogP contribution < -0.4 is 5.73 Å². The average Bonchev–Trinajstić information content (AvgIpc) is 2.51. The zero-order chi connectivity index (χ0) is 18.8. The minimum Gasteiger partial charge on any atom is -0.508 e. The highest BCUT2D eigenvalue weighted by atomic mass is 35.5. The zero-order valence-corrected chi connectivity index (χ0v) is 16.5. The molecule has 26 heavy (non-hydrogen) atoms. The van der Waals surface area contributed by atoms with Crippen molar-refractivity contribution in [2.24, 2.45) is 11.7 Å². The monoisotopic (exact) mass is 379 g/mol. The fraction of sp³-hybridized carbons (Fsp3) is 0.381. The third-order valence-electron chi connectivity index (χ3n) is 3.65. The molecule has 0 aliphatic rings. The Morgan fingerprint density at radius 1 is 0.885 bits per heavy atom. The van der Waals surface area contributed by atoms with Gasteiger partial charge in [-0.15, -0.1) is 12.4 Å². The van der Waals surface area contributed by atoms with Crippen LogP contribution in [0.3, 0.4) is 0 Å². The Labute approximate surface area is 162 Å². The second-order valence-corrected chi connectivity index (χ2v) is 6.73. The van der Waals surface area contributed by atoms with Crippen LogP contribution in [0.25, 0.3) is 0 Å². The van der Waals surface area contributed by atoms with Crippen LogP contribution in [-0.4, -0.2) is 22.0 Å². The summed E-state index contributed by atoms with van der Waals surface area (Å²) < 4.78 is 0. The van der Waals surface area contributed by atoms with Gasteiger partial charge in [0.05, 0.1) is 0 Å². The molecule has 2 aromatic carbocycles. The van der Waals surface area contributed by atoms with Crippen molar-refractivity contribution >= 4 is 18.2 Å². The number of Topliss-reactive ketones (excluding diaryl/α,β-unsaturated/α-hetero) is 1. The van der Waals surface area contributed by atoms with Crippen molar-refractivity contribution in [1.82, 2.24) is 0 Å². The lowest BCUT2D eigenvalue weighted by Crippen LogP contribution is -2.17. The summed E-state index contributed by atoms with van der Waals surface area (Å²) >= 11 is 0. The predicted octanol–water partition coefficient (Wildman–Crippen LogP) is 4.25. The van der Waals surface area contributed by atoms with Crippen LogP contribution in [-0.2, 0) is 17.6 Å². The Kier molecular flexibility index (Phi) is 11.4. The van der Waals surface area contributed by atoms with Gasteiger partial charge < -0.3 is 20.7 Å². The molecule has 0 radical (unpaired) electrons. The molecule has 2 rings (SSSR count). The fourth-order valence-electron chi connectivity index (χ4n) is 2.60. The van der Waals surface area contributed by atoms with Gasteiger partial charge >= 0.3 is 0 Å². The molecule has 0 aliphatic carbocycles. The van der Waals surface area contributed by atoms with Gasteiger partial charge in [0.15, 0.2) is 0 Å². The highest BCUT2D eigenvalue weighted by Gasteiger charge is 2.06. The van der Waals surface area contributed by atoms with Crippen LogP contribution in [0.1, 0.15) is 38.3 Å². The van der Waals surface area contributed by atoms with E-state index < -0.39 is 0 Å². The Morgan fingerprint density at radius 2 is 1.27 bits per heavy atom. The van der Waals surface area contributed by atoms with Gasteiger partial charge in [-0.05, 0) is 68.0 Å². The first kappa shape index (κ1) is 24.0. The third-order valence-corrected chi connectivity index (χ3v) is 3.65. The van der Waals surface area contributed by atoms with E-state index in [4.69, 9.17) is 15.9 Å². The number of rotatable bonds is 6. The molecule has 0 spiro atoms. The van der Waals surface area contributed by atoms with E-state index in [1.807, 2.05) is 31.2 Å². The van der Waals surface area contributed by atoms with Crippen molar-refractivity contribution in [3.8, 4) is 11.5 Å². The Bertz CT molecular complexity index is 639. The van der Waals surface area contributed by atoms with Gasteiger partial charge in [0.2, 0.25) is 0 Å². The van der Waals surface area contributed by atoms with Gasteiger partial charge in [0.1, 0.15) is 17.3 Å². The van der Waals surface area contributed by atoms with E-state index in [0.717, 1.165) is 24.0 Å². The van der Waals surface area contributed by atoms with Gasteiger partial charge in [0.25, 0.3) is 0 Å². The second-order valence-electron chi connectivity index (χ2n) is 6.73. The standard InChI is InChI=1S/C12H16O2.C9H13NO.ClH/c1-9(7-10(2)13)8-11-3-5-12(14)6-4-11;1-7(10)6-8-2-4-9(11)5-3-8;/h3-6,9,14H,7-8H2,1-2H3;2-5,7,11H,6,10H2,1H3;1H/t9-;7-;/m10./s1. The summed E-state index contributed by atoms with van der Waals surface area (Å²) in [5.74, 6) is 1.19. The molecule has 2 aromatic rings. The smallest absolute Gasteiger partial charge is 0.130 e. The average molecular weight is 380 g/mol. The molecule has 0 aliphatic heterocycles. The molecule has 2 atom stereocenters. The van der Waals surface area contributed by atoms with Gasteiger partial charge in [0, 0.05) is 12.5 Å². The number of benzene rings is 2. The molecule has 4 N–H and O–H groups in total. The second kappa shape index (κ2) is 12.3. The number of ketones is 1. The molecule has 0 aromatic heterocycles. The first-order chi connectivity index (χ1) is 11.8. The van der Waals surface area contributed by atoms with E-state index in [1.54, 1.807) is 31.2 Å². The van der Waals surface area contributed by atoms with Crippen LogP contribution in [0.5, 0.6) is 11.5 Å². The summed E-state index contributed by atoms with van der Waals surface area (Å²) in [4.78, 5) is 10.9. The molecule has 0 bridgehead atoms. The molecular formula is C21H30ClNO3. The normalized spacial score (nSPS) is 12.2. The number of nitrogens with two attached hydrogens (primary N) is 1. The SMILES string of the molecule is CC(=O)C[C@@H](C)Cc1ccc(O)cc1.C[C@H](N)Cc1ccc(O)cc1.Cl. The number of halogens is 1. The largest absolute Gasteiger partial charge is 0.508 e. The molecular weight excluding hydrogens is 350 g/mol. The van der Waals surface area contributed by atoms with Crippen molar-refractivity contribution in [1.29, 1.82) is 0 Å². The van der Waals surface area contributed by atoms with Gasteiger partial charge in [-0.2, -0.15) is 0 Å². The first-order valence-corrected chi connectivity index (χ1v) is 8.57. The highest BCUT2D eigenvalue weighted by Crippen LogP contribution is 2.15. The predicted molar refractivity (Wildman–Crippen MR) is 109 cm³/mol.